The zero-order valence-electron chi connectivity index (χ0n) is 9.40. The summed E-state index contributed by atoms with van der Waals surface area (Å²) in [7, 11) is 0. The van der Waals surface area contributed by atoms with Crippen LogP contribution in [-0.4, -0.2) is 5.78 Å². The Bertz CT molecular complexity index is 328. The van der Waals surface area contributed by atoms with Crippen LogP contribution < -0.4 is 0 Å². The molecule has 1 fully saturated rings. The minimum Gasteiger partial charge on any atom is -0.293 e. The van der Waals surface area contributed by atoms with Crippen molar-refractivity contribution in [3.63, 3.8) is 0 Å². The topological polar surface area (TPSA) is 17.1 Å². The Morgan fingerprint density at radius 3 is 2.73 bits per heavy atom. The van der Waals surface area contributed by atoms with Gasteiger partial charge in [0.1, 0.15) is 0 Å². The average molecular weight is 222 g/mol. The van der Waals surface area contributed by atoms with Crippen LogP contribution in [0.1, 0.15) is 42.8 Å². The van der Waals surface area contributed by atoms with E-state index in [1.54, 1.807) is 11.3 Å². The summed E-state index contributed by atoms with van der Waals surface area (Å²) in [4.78, 5) is 13.1. The Kier molecular flexibility index (Phi) is 3.25. The molecular formula is C13H18OS. The van der Waals surface area contributed by atoms with E-state index in [0.717, 1.165) is 23.6 Å². The number of ketones is 1. The van der Waals surface area contributed by atoms with E-state index in [9.17, 15) is 4.79 Å². The molecule has 3 unspecified atom stereocenters. The van der Waals surface area contributed by atoms with Crippen LogP contribution in [0.5, 0.6) is 0 Å². The summed E-state index contributed by atoms with van der Waals surface area (Å²) < 4.78 is 0. The Morgan fingerprint density at radius 2 is 2.13 bits per heavy atom. The number of hydrogen-bond donors (Lipinski definition) is 0. The fourth-order valence-electron chi connectivity index (χ4n) is 2.41. The van der Waals surface area contributed by atoms with Crippen molar-refractivity contribution in [2.24, 2.45) is 17.8 Å². The lowest BCUT2D eigenvalue weighted by molar-refractivity contribution is 0.0842. The zero-order chi connectivity index (χ0) is 10.8. The van der Waals surface area contributed by atoms with Crippen molar-refractivity contribution in [3.05, 3.63) is 22.4 Å². The molecule has 1 saturated carbocycles. The Balaban J connectivity index is 2.03. The van der Waals surface area contributed by atoms with Crippen molar-refractivity contribution in [2.45, 2.75) is 33.1 Å². The Morgan fingerprint density at radius 1 is 1.33 bits per heavy atom. The summed E-state index contributed by atoms with van der Waals surface area (Å²) in [5, 5.41) is 1.99. The molecule has 1 nitrogen and oxygen atoms in total. The van der Waals surface area contributed by atoms with Gasteiger partial charge in [-0.15, -0.1) is 11.3 Å². The van der Waals surface area contributed by atoms with E-state index >= 15 is 0 Å². The molecular weight excluding hydrogens is 204 g/mol. The summed E-state index contributed by atoms with van der Waals surface area (Å²) in [5.41, 5.74) is 0. The van der Waals surface area contributed by atoms with Crippen LogP contribution in [0.25, 0.3) is 0 Å². The van der Waals surface area contributed by atoms with Crippen molar-refractivity contribution in [1.29, 1.82) is 0 Å². The highest BCUT2D eigenvalue weighted by Gasteiger charge is 2.29. The summed E-state index contributed by atoms with van der Waals surface area (Å²) in [6.07, 6.45) is 3.38. The van der Waals surface area contributed by atoms with Gasteiger partial charge in [-0.2, -0.15) is 0 Å². The number of rotatable bonds is 2. The highest BCUT2D eigenvalue weighted by molar-refractivity contribution is 7.12. The number of carbonyl (C=O) groups excluding carboxylic acids is 1. The van der Waals surface area contributed by atoms with E-state index < -0.39 is 0 Å². The van der Waals surface area contributed by atoms with Crippen LogP contribution in [0, 0.1) is 17.8 Å². The van der Waals surface area contributed by atoms with Crippen LogP contribution in [-0.2, 0) is 0 Å². The molecule has 1 aromatic rings. The van der Waals surface area contributed by atoms with Gasteiger partial charge in [0.05, 0.1) is 4.88 Å². The van der Waals surface area contributed by atoms with E-state index in [-0.39, 0.29) is 5.92 Å². The van der Waals surface area contributed by atoms with E-state index in [1.165, 1.54) is 6.42 Å². The van der Waals surface area contributed by atoms with Gasteiger partial charge in [0.25, 0.3) is 0 Å². The third-order valence-corrected chi connectivity index (χ3v) is 4.62. The fraction of sp³-hybridized carbons (Fsp3) is 0.615. The SMILES string of the molecule is CC1CCC(C(=O)c2cccs2)CC1C. The molecule has 0 N–H and O–H groups in total. The van der Waals surface area contributed by atoms with Crippen molar-refractivity contribution in [2.75, 3.05) is 0 Å². The lowest BCUT2D eigenvalue weighted by Crippen LogP contribution is -2.26. The summed E-state index contributed by atoms with van der Waals surface area (Å²) >= 11 is 1.58. The first-order valence-electron chi connectivity index (χ1n) is 5.76. The second kappa shape index (κ2) is 4.48. The molecule has 1 heterocycles. The van der Waals surface area contributed by atoms with Gasteiger partial charge in [-0.1, -0.05) is 19.9 Å². The predicted octanol–water partition coefficient (Wildman–Crippen LogP) is 4.00. The van der Waals surface area contributed by atoms with Crippen LogP contribution in [0.3, 0.4) is 0 Å². The van der Waals surface area contributed by atoms with Gasteiger partial charge in [0, 0.05) is 5.92 Å². The molecule has 0 saturated heterocycles. The standard InChI is InChI=1S/C13H18OS/c1-9-5-6-11(8-10(9)2)13(14)12-4-3-7-15-12/h3-4,7,9-11H,5-6,8H2,1-2H3. The highest BCUT2D eigenvalue weighted by Crippen LogP contribution is 2.35. The zero-order valence-corrected chi connectivity index (χ0v) is 10.2. The Hall–Kier alpha value is -0.630. The maximum atomic E-state index is 12.1. The third-order valence-electron chi connectivity index (χ3n) is 3.73. The van der Waals surface area contributed by atoms with Crippen LogP contribution in [0.2, 0.25) is 0 Å². The van der Waals surface area contributed by atoms with E-state index in [4.69, 9.17) is 0 Å². The van der Waals surface area contributed by atoms with Crippen molar-refractivity contribution in [3.8, 4) is 0 Å². The first-order valence-corrected chi connectivity index (χ1v) is 6.64. The molecule has 0 aliphatic heterocycles. The largest absolute Gasteiger partial charge is 0.293 e. The van der Waals surface area contributed by atoms with Crippen LogP contribution in [0.15, 0.2) is 17.5 Å². The lowest BCUT2D eigenvalue weighted by atomic mass is 9.74. The van der Waals surface area contributed by atoms with Crippen LogP contribution in [0.4, 0.5) is 0 Å². The van der Waals surface area contributed by atoms with E-state index in [2.05, 4.69) is 13.8 Å². The molecule has 15 heavy (non-hydrogen) atoms. The second-order valence-corrected chi connectivity index (χ2v) is 5.75. The molecule has 2 heteroatoms. The smallest absolute Gasteiger partial charge is 0.175 e. The molecule has 0 radical (unpaired) electrons. The van der Waals surface area contributed by atoms with Crippen molar-refractivity contribution in [1.82, 2.24) is 0 Å². The summed E-state index contributed by atoms with van der Waals surface area (Å²) in [5.74, 6) is 2.16. The molecule has 82 valence electrons. The number of carbonyl (C=O) groups is 1. The van der Waals surface area contributed by atoms with Gasteiger partial charge in [-0.3, -0.25) is 4.79 Å². The lowest BCUT2D eigenvalue weighted by Gasteiger charge is -2.30. The van der Waals surface area contributed by atoms with Crippen molar-refractivity contribution >= 4 is 17.1 Å². The van der Waals surface area contributed by atoms with Gasteiger partial charge in [0.15, 0.2) is 5.78 Å². The minimum atomic E-state index is 0.287. The normalized spacial score (nSPS) is 31.5. The summed E-state index contributed by atoms with van der Waals surface area (Å²) in [6, 6.07) is 3.92. The van der Waals surface area contributed by atoms with Gasteiger partial charge < -0.3 is 0 Å². The molecule has 2 rings (SSSR count). The van der Waals surface area contributed by atoms with Crippen LogP contribution >= 0.6 is 11.3 Å². The fourth-order valence-corrected chi connectivity index (χ4v) is 3.15. The summed E-state index contributed by atoms with van der Waals surface area (Å²) in [6.45, 7) is 4.58. The van der Waals surface area contributed by atoms with Gasteiger partial charge in [-0.05, 0) is 42.5 Å². The Labute approximate surface area is 95.5 Å². The first-order chi connectivity index (χ1) is 7.18. The second-order valence-electron chi connectivity index (χ2n) is 4.81. The maximum Gasteiger partial charge on any atom is 0.175 e. The molecule has 0 aromatic carbocycles. The molecule has 0 bridgehead atoms. The number of thiophene rings is 1. The van der Waals surface area contributed by atoms with Gasteiger partial charge >= 0.3 is 0 Å². The molecule has 0 spiro atoms. The maximum absolute atomic E-state index is 12.1. The first kappa shape index (κ1) is 10.9. The number of hydrogen-bond acceptors (Lipinski definition) is 2. The molecule has 1 aromatic heterocycles. The van der Waals surface area contributed by atoms with Gasteiger partial charge in [-0.25, -0.2) is 0 Å². The quantitative estimate of drug-likeness (QED) is 0.691. The molecule has 1 aliphatic carbocycles. The highest BCUT2D eigenvalue weighted by atomic mass is 32.1. The molecule has 1 aliphatic rings. The third kappa shape index (κ3) is 2.31. The minimum absolute atomic E-state index is 0.287. The molecule has 3 atom stereocenters. The van der Waals surface area contributed by atoms with E-state index in [1.807, 2.05) is 17.5 Å². The number of Topliss-reactive ketones (excluding diaryl/α,β-unsaturated/α-hetero) is 1. The average Bonchev–Trinajstić information content (AvgIpc) is 2.74. The molecule has 0 amide bonds. The predicted molar refractivity (Wildman–Crippen MR) is 64.3 cm³/mol. The van der Waals surface area contributed by atoms with Gasteiger partial charge in [0.2, 0.25) is 0 Å². The van der Waals surface area contributed by atoms with Crippen molar-refractivity contribution < 1.29 is 4.79 Å². The van der Waals surface area contributed by atoms with E-state index in [0.29, 0.717) is 11.7 Å². The monoisotopic (exact) mass is 222 g/mol.